The van der Waals surface area contributed by atoms with E-state index in [4.69, 9.17) is 4.52 Å². The lowest BCUT2D eigenvalue weighted by Gasteiger charge is -2.04. The summed E-state index contributed by atoms with van der Waals surface area (Å²) < 4.78 is 5.07. The zero-order valence-electron chi connectivity index (χ0n) is 14.0. The molecule has 1 N–H and O–H groups in total. The SMILES string of the molecule is CCCCCCCCCCCCNCCc1nc(C)no1. The highest BCUT2D eigenvalue weighted by Gasteiger charge is 2.01. The molecule has 0 saturated heterocycles. The van der Waals surface area contributed by atoms with Gasteiger partial charge in [-0.15, -0.1) is 0 Å². The van der Waals surface area contributed by atoms with Crippen molar-refractivity contribution in [1.29, 1.82) is 0 Å². The Labute approximate surface area is 130 Å². The maximum Gasteiger partial charge on any atom is 0.227 e. The van der Waals surface area contributed by atoms with Crippen LogP contribution in [0, 0.1) is 6.92 Å². The second kappa shape index (κ2) is 12.8. The summed E-state index contributed by atoms with van der Waals surface area (Å²) in [5.74, 6) is 1.46. The van der Waals surface area contributed by atoms with Crippen LogP contribution in [-0.2, 0) is 6.42 Å². The number of aromatic nitrogens is 2. The normalized spacial score (nSPS) is 11.1. The van der Waals surface area contributed by atoms with Gasteiger partial charge in [0.1, 0.15) is 0 Å². The van der Waals surface area contributed by atoms with E-state index in [1.165, 1.54) is 64.2 Å². The highest BCUT2D eigenvalue weighted by molar-refractivity contribution is 4.83. The number of rotatable bonds is 14. The fourth-order valence-corrected chi connectivity index (χ4v) is 2.50. The molecule has 0 spiro atoms. The summed E-state index contributed by atoms with van der Waals surface area (Å²) in [7, 11) is 0. The van der Waals surface area contributed by atoms with Crippen LogP contribution >= 0.6 is 0 Å². The minimum atomic E-state index is 0.722. The Hall–Kier alpha value is -0.900. The highest BCUT2D eigenvalue weighted by atomic mass is 16.5. The molecule has 0 bridgehead atoms. The molecule has 0 radical (unpaired) electrons. The maximum atomic E-state index is 5.07. The fraction of sp³-hybridized carbons (Fsp3) is 0.882. The second-order valence-corrected chi connectivity index (χ2v) is 5.92. The predicted octanol–water partition coefficient (Wildman–Crippen LogP) is 4.43. The van der Waals surface area contributed by atoms with E-state index in [0.717, 1.165) is 31.2 Å². The van der Waals surface area contributed by atoms with Crippen molar-refractivity contribution in [3.8, 4) is 0 Å². The Bertz CT molecular complexity index is 339. The van der Waals surface area contributed by atoms with Crippen LogP contribution in [0.4, 0.5) is 0 Å². The van der Waals surface area contributed by atoms with E-state index in [0.29, 0.717) is 0 Å². The summed E-state index contributed by atoms with van der Waals surface area (Å²) in [4.78, 5) is 4.19. The first-order valence-corrected chi connectivity index (χ1v) is 8.83. The lowest BCUT2D eigenvalue weighted by molar-refractivity contribution is 0.372. The number of nitrogens with one attached hydrogen (secondary N) is 1. The summed E-state index contributed by atoms with van der Waals surface area (Å²) in [6.45, 7) is 6.16. The van der Waals surface area contributed by atoms with Crippen molar-refractivity contribution >= 4 is 0 Å². The van der Waals surface area contributed by atoms with Crippen molar-refractivity contribution in [2.45, 2.75) is 84.5 Å². The monoisotopic (exact) mass is 295 g/mol. The Morgan fingerprint density at radius 1 is 0.857 bits per heavy atom. The Morgan fingerprint density at radius 3 is 2.05 bits per heavy atom. The van der Waals surface area contributed by atoms with Crippen LogP contribution in [0.25, 0.3) is 0 Å². The van der Waals surface area contributed by atoms with Crippen LogP contribution < -0.4 is 5.32 Å². The molecule has 0 unspecified atom stereocenters. The quantitative estimate of drug-likeness (QED) is 0.516. The van der Waals surface area contributed by atoms with Gasteiger partial charge in [-0.25, -0.2) is 0 Å². The molecule has 1 heterocycles. The molecule has 0 saturated carbocycles. The molecule has 1 rings (SSSR count). The van der Waals surface area contributed by atoms with E-state index >= 15 is 0 Å². The predicted molar refractivity (Wildman–Crippen MR) is 87.5 cm³/mol. The van der Waals surface area contributed by atoms with E-state index in [2.05, 4.69) is 22.4 Å². The first-order valence-electron chi connectivity index (χ1n) is 8.83. The van der Waals surface area contributed by atoms with E-state index in [1.807, 2.05) is 6.92 Å². The Kier molecular flexibility index (Phi) is 11.1. The molecule has 0 fully saturated rings. The summed E-state index contributed by atoms with van der Waals surface area (Å²) in [6.07, 6.45) is 14.7. The van der Waals surface area contributed by atoms with Gasteiger partial charge in [0.2, 0.25) is 5.89 Å². The summed E-state index contributed by atoms with van der Waals surface area (Å²) in [5, 5.41) is 7.22. The van der Waals surface area contributed by atoms with Crippen molar-refractivity contribution in [2.24, 2.45) is 0 Å². The van der Waals surface area contributed by atoms with Gasteiger partial charge < -0.3 is 9.84 Å². The molecule has 0 aliphatic heterocycles. The van der Waals surface area contributed by atoms with Crippen molar-refractivity contribution in [2.75, 3.05) is 13.1 Å². The molecule has 21 heavy (non-hydrogen) atoms. The van der Waals surface area contributed by atoms with Crippen LogP contribution in [-0.4, -0.2) is 23.2 Å². The molecule has 122 valence electrons. The van der Waals surface area contributed by atoms with Crippen LogP contribution in [0.15, 0.2) is 4.52 Å². The van der Waals surface area contributed by atoms with Gasteiger partial charge in [-0.05, 0) is 19.9 Å². The third kappa shape index (κ3) is 10.5. The molecule has 0 aliphatic rings. The number of hydrogen-bond donors (Lipinski definition) is 1. The molecule has 1 aromatic heterocycles. The van der Waals surface area contributed by atoms with Crippen LogP contribution in [0.2, 0.25) is 0 Å². The van der Waals surface area contributed by atoms with Gasteiger partial charge in [-0.1, -0.05) is 69.9 Å². The largest absolute Gasteiger partial charge is 0.339 e. The molecule has 0 aliphatic carbocycles. The number of nitrogens with zero attached hydrogens (tertiary/aromatic N) is 2. The number of hydrogen-bond acceptors (Lipinski definition) is 4. The van der Waals surface area contributed by atoms with Gasteiger partial charge in [-0.3, -0.25) is 0 Å². The van der Waals surface area contributed by atoms with Crippen LogP contribution in [0.1, 0.15) is 82.8 Å². The third-order valence-electron chi connectivity index (χ3n) is 3.79. The van der Waals surface area contributed by atoms with E-state index in [9.17, 15) is 0 Å². The van der Waals surface area contributed by atoms with Crippen molar-refractivity contribution in [3.05, 3.63) is 11.7 Å². The van der Waals surface area contributed by atoms with E-state index in [-0.39, 0.29) is 0 Å². The highest BCUT2D eigenvalue weighted by Crippen LogP contribution is 2.10. The van der Waals surface area contributed by atoms with Crippen LogP contribution in [0.5, 0.6) is 0 Å². The van der Waals surface area contributed by atoms with Gasteiger partial charge in [0.15, 0.2) is 5.82 Å². The van der Waals surface area contributed by atoms with Gasteiger partial charge in [0.05, 0.1) is 0 Å². The number of aryl methyl sites for hydroxylation is 1. The Morgan fingerprint density at radius 2 is 1.48 bits per heavy atom. The molecule has 4 heteroatoms. The van der Waals surface area contributed by atoms with Crippen molar-refractivity contribution in [3.63, 3.8) is 0 Å². The standard InChI is InChI=1S/C17H33N3O/c1-3-4-5-6-7-8-9-10-11-12-14-18-15-13-17-19-16(2)20-21-17/h18H,3-15H2,1-2H3. The maximum absolute atomic E-state index is 5.07. The molecule has 1 aromatic rings. The third-order valence-corrected chi connectivity index (χ3v) is 3.79. The van der Waals surface area contributed by atoms with Gasteiger partial charge in [-0.2, -0.15) is 4.98 Å². The first-order chi connectivity index (χ1) is 10.3. The van der Waals surface area contributed by atoms with Gasteiger partial charge >= 0.3 is 0 Å². The zero-order chi connectivity index (χ0) is 15.2. The van der Waals surface area contributed by atoms with E-state index in [1.54, 1.807) is 0 Å². The summed E-state index contributed by atoms with van der Waals surface area (Å²) in [5.41, 5.74) is 0. The molecular formula is C17H33N3O. The van der Waals surface area contributed by atoms with Gasteiger partial charge in [0.25, 0.3) is 0 Å². The Balaban J connectivity index is 1.74. The fourth-order valence-electron chi connectivity index (χ4n) is 2.50. The molecule has 0 atom stereocenters. The van der Waals surface area contributed by atoms with Crippen molar-refractivity contribution < 1.29 is 4.52 Å². The second-order valence-electron chi connectivity index (χ2n) is 5.92. The summed E-state index contributed by atoms with van der Waals surface area (Å²) >= 11 is 0. The van der Waals surface area contributed by atoms with Crippen molar-refractivity contribution in [1.82, 2.24) is 15.5 Å². The molecule has 0 aromatic carbocycles. The zero-order valence-corrected chi connectivity index (χ0v) is 14.0. The average molecular weight is 295 g/mol. The first kappa shape index (κ1) is 18.1. The average Bonchev–Trinajstić information content (AvgIpc) is 2.89. The van der Waals surface area contributed by atoms with Gasteiger partial charge in [0, 0.05) is 13.0 Å². The lowest BCUT2D eigenvalue weighted by Crippen LogP contribution is -2.18. The smallest absolute Gasteiger partial charge is 0.227 e. The minimum Gasteiger partial charge on any atom is -0.339 e. The summed E-state index contributed by atoms with van der Waals surface area (Å²) in [6, 6.07) is 0. The van der Waals surface area contributed by atoms with E-state index < -0.39 is 0 Å². The topological polar surface area (TPSA) is 51.0 Å². The number of unbranched alkanes of at least 4 members (excludes halogenated alkanes) is 9. The lowest BCUT2D eigenvalue weighted by atomic mass is 10.1. The molecular weight excluding hydrogens is 262 g/mol. The minimum absolute atomic E-state index is 0.722. The molecule has 4 nitrogen and oxygen atoms in total. The molecule has 0 amide bonds. The van der Waals surface area contributed by atoms with Crippen LogP contribution in [0.3, 0.4) is 0 Å².